The van der Waals surface area contributed by atoms with Crippen LogP contribution in [0.1, 0.15) is 43.9 Å². The maximum atomic E-state index is 12.2. The van der Waals surface area contributed by atoms with Gasteiger partial charge in [-0.05, 0) is 55.3 Å². The SMILES string of the molecule is CCNC(=O)NCCC(=O)Nc1cccc(-c2ccc([C@@]3(CC(=O)NO)CCCCS3)s2)c1. The maximum Gasteiger partial charge on any atom is 0.314 e. The number of benzene rings is 1. The van der Waals surface area contributed by atoms with Gasteiger partial charge in [0.25, 0.3) is 0 Å². The van der Waals surface area contributed by atoms with Gasteiger partial charge in [-0.15, -0.1) is 23.1 Å². The van der Waals surface area contributed by atoms with Crippen LogP contribution < -0.4 is 21.4 Å². The molecule has 1 aromatic heterocycles. The van der Waals surface area contributed by atoms with Crippen LogP contribution in [0.3, 0.4) is 0 Å². The smallest absolute Gasteiger partial charge is 0.314 e. The molecule has 0 aliphatic carbocycles. The molecule has 4 amide bonds. The van der Waals surface area contributed by atoms with Gasteiger partial charge in [-0.25, -0.2) is 10.3 Å². The van der Waals surface area contributed by atoms with Crippen molar-refractivity contribution in [3.8, 4) is 10.4 Å². The molecule has 1 aliphatic heterocycles. The van der Waals surface area contributed by atoms with Crippen LogP contribution in [0.4, 0.5) is 10.5 Å². The van der Waals surface area contributed by atoms with E-state index in [9.17, 15) is 14.4 Å². The molecule has 33 heavy (non-hydrogen) atoms. The molecule has 1 saturated heterocycles. The van der Waals surface area contributed by atoms with Crippen LogP contribution in [0, 0.1) is 0 Å². The van der Waals surface area contributed by atoms with E-state index in [0.29, 0.717) is 12.2 Å². The zero-order valence-electron chi connectivity index (χ0n) is 18.6. The van der Waals surface area contributed by atoms with Crippen molar-refractivity contribution in [2.45, 2.75) is 43.8 Å². The molecule has 3 rings (SSSR count). The van der Waals surface area contributed by atoms with E-state index in [1.165, 1.54) is 0 Å². The van der Waals surface area contributed by atoms with E-state index < -0.39 is 0 Å². The lowest BCUT2D eigenvalue weighted by molar-refractivity contribution is -0.129. The van der Waals surface area contributed by atoms with Gasteiger partial charge < -0.3 is 16.0 Å². The average molecular weight is 491 g/mol. The van der Waals surface area contributed by atoms with E-state index >= 15 is 0 Å². The lowest BCUT2D eigenvalue weighted by Crippen LogP contribution is -2.36. The molecule has 2 aromatic rings. The molecule has 1 aliphatic rings. The minimum Gasteiger partial charge on any atom is -0.338 e. The van der Waals surface area contributed by atoms with Crippen LogP contribution in [0.25, 0.3) is 10.4 Å². The van der Waals surface area contributed by atoms with Crippen molar-refractivity contribution >= 4 is 46.6 Å². The van der Waals surface area contributed by atoms with E-state index in [1.54, 1.807) is 28.6 Å². The molecule has 1 atom stereocenters. The molecule has 5 N–H and O–H groups in total. The van der Waals surface area contributed by atoms with E-state index in [4.69, 9.17) is 5.21 Å². The Hall–Kier alpha value is -2.56. The Balaban J connectivity index is 1.67. The first-order chi connectivity index (χ1) is 16.0. The van der Waals surface area contributed by atoms with Gasteiger partial charge in [0.15, 0.2) is 0 Å². The van der Waals surface area contributed by atoms with Gasteiger partial charge >= 0.3 is 6.03 Å². The Labute approximate surface area is 201 Å². The number of thiophene rings is 1. The molecule has 178 valence electrons. The van der Waals surface area contributed by atoms with E-state index in [2.05, 4.69) is 22.0 Å². The molecule has 10 heteroatoms. The molecular weight excluding hydrogens is 460 g/mol. The van der Waals surface area contributed by atoms with Crippen molar-refractivity contribution in [2.75, 3.05) is 24.2 Å². The minimum atomic E-state index is -0.370. The van der Waals surface area contributed by atoms with Gasteiger partial charge in [0.1, 0.15) is 0 Å². The predicted molar refractivity (Wildman–Crippen MR) is 133 cm³/mol. The summed E-state index contributed by atoms with van der Waals surface area (Å²) in [5.41, 5.74) is 3.45. The summed E-state index contributed by atoms with van der Waals surface area (Å²) in [5, 5.41) is 17.2. The number of carbonyl (C=O) groups excluding carboxylic acids is 3. The topological polar surface area (TPSA) is 120 Å². The van der Waals surface area contributed by atoms with E-state index in [0.717, 1.165) is 40.3 Å². The molecule has 0 unspecified atom stereocenters. The van der Waals surface area contributed by atoms with Gasteiger partial charge in [0.2, 0.25) is 11.8 Å². The number of hydroxylamine groups is 1. The molecule has 0 radical (unpaired) electrons. The van der Waals surface area contributed by atoms with Crippen LogP contribution in [-0.4, -0.2) is 41.9 Å². The van der Waals surface area contributed by atoms with Gasteiger partial charge in [0.05, 0.1) is 4.75 Å². The van der Waals surface area contributed by atoms with Crippen molar-refractivity contribution in [3.63, 3.8) is 0 Å². The highest BCUT2D eigenvalue weighted by molar-refractivity contribution is 8.00. The normalized spacial score (nSPS) is 17.8. The summed E-state index contributed by atoms with van der Waals surface area (Å²) < 4.78 is -0.323. The Morgan fingerprint density at radius 1 is 1.09 bits per heavy atom. The summed E-state index contributed by atoms with van der Waals surface area (Å²) >= 11 is 3.43. The summed E-state index contributed by atoms with van der Waals surface area (Å²) in [5.74, 6) is 0.441. The largest absolute Gasteiger partial charge is 0.338 e. The molecule has 0 saturated carbocycles. The van der Waals surface area contributed by atoms with Crippen molar-refractivity contribution in [3.05, 3.63) is 41.3 Å². The third kappa shape index (κ3) is 6.96. The Morgan fingerprint density at radius 3 is 2.67 bits per heavy atom. The zero-order chi connectivity index (χ0) is 23.7. The van der Waals surface area contributed by atoms with Crippen molar-refractivity contribution < 1.29 is 19.6 Å². The summed E-state index contributed by atoms with van der Waals surface area (Å²) in [6, 6.07) is 11.5. The number of hydrogen-bond acceptors (Lipinski definition) is 6. The number of urea groups is 1. The zero-order valence-corrected chi connectivity index (χ0v) is 20.2. The fraction of sp³-hybridized carbons (Fsp3) is 0.435. The number of anilines is 1. The fourth-order valence-corrected chi connectivity index (χ4v) is 6.68. The molecule has 1 aromatic carbocycles. The number of carbonyl (C=O) groups is 3. The first kappa shape index (κ1) is 25.1. The highest BCUT2D eigenvalue weighted by Gasteiger charge is 2.38. The minimum absolute atomic E-state index is 0.177. The number of thioether (sulfide) groups is 1. The second kappa shape index (κ2) is 12.1. The van der Waals surface area contributed by atoms with Crippen LogP contribution in [0.15, 0.2) is 36.4 Å². The Bertz CT molecular complexity index is 973. The van der Waals surface area contributed by atoms with Crippen LogP contribution in [-0.2, 0) is 14.3 Å². The molecule has 0 bridgehead atoms. The van der Waals surface area contributed by atoms with E-state index in [1.807, 2.05) is 37.3 Å². The second-order valence-electron chi connectivity index (χ2n) is 7.84. The number of amides is 4. The monoisotopic (exact) mass is 490 g/mol. The summed E-state index contributed by atoms with van der Waals surface area (Å²) in [7, 11) is 0. The van der Waals surface area contributed by atoms with Gasteiger partial charge in [-0.2, -0.15) is 0 Å². The molecule has 1 fully saturated rings. The quantitative estimate of drug-likeness (QED) is 0.268. The second-order valence-corrected chi connectivity index (χ2v) is 10.4. The number of nitrogens with one attached hydrogen (secondary N) is 4. The van der Waals surface area contributed by atoms with Crippen molar-refractivity contribution in [1.82, 2.24) is 16.1 Å². The van der Waals surface area contributed by atoms with Crippen LogP contribution >= 0.6 is 23.1 Å². The highest BCUT2D eigenvalue weighted by atomic mass is 32.2. The third-order valence-corrected chi connectivity index (χ3v) is 8.47. The third-order valence-electron chi connectivity index (χ3n) is 5.38. The van der Waals surface area contributed by atoms with Gasteiger partial charge in [-0.3, -0.25) is 14.8 Å². The lowest BCUT2D eigenvalue weighted by Gasteiger charge is -2.35. The molecular formula is C23H30N4O4S2. The van der Waals surface area contributed by atoms with Crippen LogP contribution in [0.5, 0.6) is 0 Å². The molecule has 2 heterocycles. The van der Waals surface area contributed by atoms with Crippen molar-refractivity contribution in [1.29, 1.82) is 0 Å². The lowest BCUT2D eigenvalue weighted by atomic mass is 9.94. The standard InChI is InChI=1S/C23H30N4O4S2/c1-2-24-22(30)25-12-10-20(28)26-17-7-5-6-16(14-17)18-8-9-19(33-18)23(15-21(29)27-31)11-3-4-13-32-23/h5-9,14,31H,2-4,10-13,15H2,1H3,(H,26,28)(H,27,29)(H2,24,25,30)/t23-/m0/s1. The Morgan fingerprint density at radius 2 is 1.94 bits per heavy atom. The number of hydrogen-bond donors (Lipinski definition) is 5. The fourth-order valence-electron chi connectivity index (χ4n) is 3.80. The van der Waals surface area contributed by atoms with Gasteiger partial charge in [-0.1, -0.05) is 18.6 Å². The predicted octanol–water partition coefficient (Wildman–Crippen LogP) is 4.07. The summed E-state index contributed by atoms with van der Waals surface area (Å²) in [4.78, 5) is 37.8. The molecule has 0 spiro atoms. The summed E-state index contributed by atoms with van der Waals surface area (Å²) in [6.07, 6.45) is 3.50. The summed E-state index contributed by atoms with van der Waals surface area (Å²) in [6.45, 7) is 2.62. The first-order valence-electron chi connectivity index (χ1n) is 11.0. The average Bonchev–Trinajstić information content (AvgIpc) is 3.31. The molecule has 8 nitrogen and oxygen atoms in total. The highest BCUT2D eigenvalue weighted by Crippen LogP contribution is 2.50. The van der Waals surface area contributed by atoms with Gasteiger partial charge in [0, 0.05) is 41.4 Å². The first-order valence-corrected chi connectivity index (χ1v) is 12.8. The Kier molecular flexibility index (Phi) is 9.16. The maximum absolute atomic E-state index is 12.2. The van der Waals surface area contributed by atoms with Crippen LogP contribution in [0.2, 0.25) is 0 Å². The van der Waals surface area contributed by atoms with E-state index in [-0.39, 0.29) is 42.0 Å². The number of rotatable bonds is 9. The van der Waals surface area contributed by atoms with Crippen molar-refractivity contribution in [2.24, 2.45) is 0 Å².